The van der Waals surface area contributed by atoms with Gasteiger partial charge in [0.2, 0.25) is 0 Å². The fraction of sp³-hybridized carbons (Fsp3) is 0.909. The second-order valence-corrected chi connectivity index (χ2v) is 9.50. The van der Waals surface area contributed by atoms with Crippen LogP contribution in [-0.4, -0.2) is 29.8 Å². The molecule has 0 saturated heterocycles. The van der Waals surface area contributed by atoms with Crippen molar-refractivity contribution >= 4 is 12.1 Å². The van der Waals surface area contributed by atoms with E-state index in [-0.39, 0.29) is 24.5 Å². The van der Waals surface area contributed by atoms with Gasteiger partial charge in [-0.25, -0.2) is 4.79 Å². The number of hydrogen-bond acceptors (Lipinski definition) is 4. The number of esters is 1. The first-order valence-corrected chi connectivity index (χ1v) is 10.9. The minimum atomic E-state index is -0.544. The summed E-state index contributed by atoms with van der Waals surface area (Å²) in [6, 6.07) is -0.300. The third-order valence-electron chi connectivity index (χ3n) is 5.73. The van der Waals surface area contributed by atoms with Gasteiger partial charge in [0.25, 0.3) is 0 Å². The summed E-state index contributed by atoms with van der Waals surface area (Å²) < 4.78 is 11.3. The molecule has 2 saturated carbocycles. The zero-order chi connectivity index (χ0) is 19.9. The van der Waals surface area contributed by atoms with Gasteiger partial charge < -0.3 is 14.8 Å². The molecule has 2 aliphatic rings. The van der Waals surface area contributed by atoms with E-state index < -0.39 is 11.7 Å². The lowest BCUT2D eigenvalue weighted by Gasteiger charge is -2.37. The summed E-state index contributed by atoms with van der Waals surface area (Å²) in [6.45, 7) is 7.29. The number of amides is 1. The van der Waals surface area contributed by atoms with Crippen LogP contribution in [0.3, 0.4) is 0 Å². The molecule has 5 heteroatoms. The number of carbonyl (C=O) groups excluding carboxylic acids is 2. The van der Waals surface area contributed by atoms with Crippen molar-refractivity contribution in [2.24, 2.45) is 11.8 Å². The van der Waals surface area contributed by atoms with Crippen LogP contribution in [0, 0.1) is 11.8 Å². The maximum Gasteiger partial charge on any atom is 0.407 e. The Morgan fingerprint density at radius 1 is 0.926 bits per heavy atom. The van der Waals surface area contributed by atoms with Crippen LogP contribution in [0.25, 0.3) is 0 Å². The van der Waals surface area contributed by atoms with Crippen molar-refractivity contribution in [2.45, 2.75) is 116 Å². The van der Waals surface area contributed by atoms with Gasteiger partial charge in [0.1, 0.15) is 11.7 Å². The van der Waals surface area contributed by atoms with Gasteiger partial charge in [0.15, 0.2) is 0 Å². The molecule has 27 heavy (non-hydrogen) atoms. The smallest absolute Gasteiger partial charge is 0.407 e. The van der Waals surface area contributed by atoms with E-state index in [9.17, 15) is 9.59 Å². The van der Waals surface area contributed by atoms with E-state index in [1.807, 2.05) is 27.7 Å². The summed E-state index contributed by atoms with van der Waals surface area (Å²) in [5.74, 6) is 0.833. The quantitative estimate of drug-likeness (QED) is 0.629. The first kappa shape index (κ1) is 22.0. The highest BCUT2D eigenvalue weighted by Gasteiger charge is 2.34. The van der Waals surface area contributed by atoms with Crippen LogP contribution in [0.1, 0.15) is 98.3 Å². The first-order chi connectivity index (χ1) is 12.7. The molecular formula is C22H39NO4. The average Bonchev–Trinajstić information content (AvgIpc) is 2.59. The fourth-order valence-corrected chi connectivity index (χ4v) is 4.51. The van der Waals surface area contributed by atoms with E-state index in [4.69, 9.17) is 9.47 Å². The van der Waals surface area contributed by atoms with Crippen molar-refractivity contribution in [3.8, 4) is 0 Å². The molecule has 0 aromatic heterocycles. The Kier molecular flexibility index (Phi) is 8.43. The van der Waals surface area contributed by atoms with Crippen LogP contribution in [0.5, 0.6) is 0 Å². The zero-order valence-corrected chi connectivity index (χ0v) is 17.7. The Balaban J connectivity index is 1.87. The molecule has 5 nitrogen and oxygen atoms in total. The van der Waals surface area contributed by atoms with Crippen LogP contribution in [0.4, 0.5) is 4.79 Å². The van der Waals surface area contributed by atoms with E-state index in [2.05, 4.69) is 5.32 Å². The van der Waals surface area contributed by atoms with Crippen LogP contribution in [0.2, 0.25) is 0 Å². The van der Waals surface area contributed by atoms with Crippen LogP contribution < -0.4 is 5.32 Å². The second-order valence-electron chi connectivity index (χ2n) is 9.50. The minimum absolute atomic E-state index is 0.0619. The molecule has 0 aromatic carbocycles. The number of ether oxygens (including phenoxy) is 2. The molecule has 0 radical (unpaired) electrons. The Morgan fingerprint density at radius 2 is 1.41 bits per heavy atom. The highest BCUT2D eigenvalue weighted by atomic mass is 16.6. The molecule has 0 heterocycles. The average molecular weight is 382 g/mol. The van der Waals surface area contributed by atoms with Gasteiger partial charge in [-0.1, -0.05) is 38.5 Å². The second kappa shape index (κ2) is 10.3. The molecule has 1 atom stereocenters. The highest BCUT2D eigenvalue weighted by Crippen LogP contribution is 2.37. The number of nitrogens with one attached hydrogen (secondary N) is 1. The van der Waals surface area contributed by atoms with E-state index in [1.165, 1.54) is 64.2 Å². The molecule has 1 N–H and O–H groups in total. The standard InChI is InChI=1S/C22H39NO4/c1-16(23-21(25)27-22(2,3)4)15-19(24)26-20(17-11-7-5-8-12-17)18-13-9-6-10-14-18/h16-18,20H,5-15H2,1-4H3,(H,23,25). The summed E-state index contributed by atoms with van der Waals surface area (Å²) in [7, 11) is 0. The minimum Gasteiger partial charge on any atom is -0.462 e. The van der Waals surface area contributed by atoms with Crippen LogP contribution >= 0.6 is 0 Å². The zero-order valence-electron chi connectivity index (χ0n) is 17.7. The topological polar surface area (TPSA) is 64.6 Å². The van der Waals surface area contributed by atoms with Crippen LogP contribution in [-0.2, 0) is 14.3 Å². The Hall–Kier alpha value is -1.26. The van der Waals surface area contributed by atoms with Crippen molar-refractivity contribution in [2.75, 3.05) is 0 Å². The van der Waals surface area contributed by atoms with Crippen molar-refractivity contribution < 1.29 is 19.1 Å². The van der Waals surface area contributed by atoms with Gasteiger partial charge in [0.05, 0.1) is 6.42 Å². The fourth-order valence-electron chi connectivity index (χ4n) is 4.51. The maximum absolute atomic E-state index is 12.6. The molecule has 2 aliphatic carbocycles. The van der Waals surface area contributed by atoms with E-state index in [1.54, 1.807) is 0 Å². The largest absolute Gasteiger partial charge is 0.462 e. The molecule has 2 rings (SSSR count). The van der Waals surface area contributed by atoms with Crippen molar-refractivity contribution in [3.05, 3.63) is 0 Å². The Morgan fingerprint density at radius 3 is 1.85 bits per heavy atom. The van der Waals surface area contributed by atoms with E-state index >= 15 is 0 Å². The van der Waals surface area contributed by atoms with Gasteiger partial charge in [-0.05, 0) is 65.2 Å². The maximum atomic E-state index is 12.6. The molecule has 1 unspecified atom stereocenters. The molecule has 156 valence electrons. The van der Waals surface area contributed by atoms with Crippen molar-refractivity contribution in [3.63, 3.8) is 0 Å². The predicted octanol–water partition coefficient (Wildman–Crippen LogP) is 5.36. The molecule has 0 aliphatic heterocycles. The number of hydrogen-bond donors (Lipinski definition) is 1. The lowest BCUT2D eigenvalue weighted by molar-refractivity contribution is -0.157. The molecule has 0 aromatic rings. The molecule has 1 amide bonds. The number of alkyl carbamates (subject to hydrolysis) is 1. The summed E-state index contributed by atoms with van der Waals surface area (Å²) in [6.07, 6.45) is 12.1. The highest BCUT2D eigenvalue weighted by molar-refractivity contribution is 5.73. The lowest BCUT2D eigenvalue weighted by atomic mass is 9.75. The Bertz CT molecular complexity index is 455. The molecular weight excluding hydrogens is 342 g/mol. The molecule has 0 bridgehead atoms. The first-order valence-electron chi connectivity index (χ1n) is 10.9. The van der Waals surface area contributed by atoms with Gasteiger partial charge >= 0.3 is 12.1 Å². The molecule has 2 fully saturated rings. The normalized spacial score (nSPS) is 20.9. The number of rotatable bonds is 6. The third-order valence-corrected chi connectivity index (χ3v) is 5.73. The summed E-state index contributed by atoms with van der Waals surface area (Å²) in [4.78, 5) is 24.5. The summed E-state index contributed by atoms with van der Waals surface area (Å²) >= 11 is 0. The summed E-state index contributed by atoms with van der Waals surface area (Å²) in [5.41, 5.74) is -0.544. The van der Waals surface area contributed by atoms with Crippen molar-refractivity contribution in [1.82, 2.24) is 5.32 Å². The van der Waals surface area contributed by atoms with Gasteiger partial charge in [-0.15, -0.1) is 0 Å². The molecule has 0 spiro atoms. The van der Waals surface area contributed by atoms with E-state index in [0.717, 1.165) is 0 Å². The van der Waals surface area contributed by atoms with Crippen LogP contribution in [0.15, 0.2) is 0 Å². The SMILES string of the molecule is CC(CC(=O)OC(C1CCCCC1)C1CCCCC1)NC(=O)OC(C)(C)C. The van der Waals surface area contributed by atoms with Gasteiger partial charge in [-0.2, -0.15) is 0 Å². The van der Waals surface area contributed by atoms with Gasteiger partial charge in [0, 0.05) is 6.04 Å². The third kappa shape index (κ3) is 8.10. The lowest BCUT2D eigenvalue weighted by Crippen LogP contribution is -2.40. The monoisotopic (exact) mass is 381 g/mol. The van der Waals surface area contributed by atoms with Gasteiger partial charge in [-0.3, -0.25) is 4.79 Å². The number of carbonyl (C=O) groups is 2. The Labute approximate surface area is 164 Å². The van der Waals surface area contributed by atoms with Crippen molar-refractivity contribution in [1.29, 1.82) is 0 Å². The predicted molar refractivity (Wildman–Crippen MR) is 106 cm³/mol. The summed E-state index contributed by atoms with van der Waals surface area (Å²) in [5, 5.41) is 2.74. The van der Waals surface area contributed by atoms with E-state index in [0.29, 0.717) is 11.8 Å².